The van der Waals surface area contributed by atoms with Crippen molar-refractivity contribution in [1.82, 2.24) is 9.21 Å². The highest BCUT2D eigenvalue weighted by atomic mass is 32.2. The minimum atomic E-state index is -3.49. The van der Waals surface area contributed by atoms with Gasteiger partial charge in [0, 0.05) is 26.7 Å². The molecule has 0 unspecified atom stereocenters. The van der Waals surface area contributed by atoms with Crippen LogP contribution in [-0.2, 0) is 21.4 Å². The van der Waals surface area contributed by atoms with Gasteiger partial charge < -0.3 is 9.64 Å². The fraction of sp³-hybridized carbons (Fsp3) is 0.350. The summed E-state index contributed by atoms with van der Waals surface area (Å²) < 4.78 is 31.8. The van der Waals surface area contributed by atoms with E-state index in [0.29, 0.717) is 25.4 Å². The molecule has 0 heterocycles. The van der Waals surface area contributed by atoms with Crippen LogP contribution in [0.1, 0.15) is 19.4 Å². The van der Waals surface area contributed by atoms with E-state index in [0.717, 1.165) is 5.56 Å². The van der Waals surface area contributed by atoms with E-state index in [4.69, 9.17) is 4.74 Å². The summed E-state index contributed by atoms with van der Waals surface area (Å²) in [7, 11) is -1.77. The van der Waals surface area contributed by atoms with Gasteiger partial charge in [0.15, 0.2) is 6.61 Å². The van der Waals surface area contributed by atoms with Crippen LogP contribution in [0.5, 0.6) is 5.75 Å². The van der Waals surface area contributed by atoms with Gasteiger partial charge in [-0.15, -0.1) is 0 Å². The zero-order valence-electron chi connectivity index (χ0n) is 16.0. The summed E-state index contributed by atoms with van der Waals surface area (Å²) in [4.78, 5) is 14.0. The number of benzene rings is 2. The molecule has 0 N–H and O–H groups in total. The highest BCUT2D eigenvalue weighted by Crippen LogP contribution is 2.19. The minimum Gasteiger partial charge on any atom is -0.484 e. The predicted molar refractivity (Wildman–Crippen MR) is 105 cm³/mol. The summed E-state index contributed by atoms with van der Waals surface area (Å²) in [5, 5.41) is 0. The molecule has 0 aliphatic carbocycles. The zero-order valence-corrected chi connectivity index (χ0v) is 16.8. The third-order valence-electron chi connectivity index (χ3n) is 4.22. The van der Waals surface area contributed by atoms with Gasteiger partial charge in [-0.3, -0.25) is 4.79 Å². The average Bonchev–Trinajstić information content (AvgIpc) is 2.68. The number of amides is 1. The van der Waals surface area contributed by atoms with Gasteiger partial charge in [-0.1, -0.05) is 44.2 Å². The number of hydrogen-bond acceptors (Lipinski definition) is 4. The van der Waals surface area contributed by atoms with Gasteiger partial charge in [0.05, 0.1) is 4.90 Å². The molecule has 6 nitrogen and oxygen atoms in total. The Morgan fingerprint density at radius 1 is 0.963 bits per heavy atom. The number of carbonyl (C=O) groups is 1. The predicted octanol–water partition coefficient (Wildman–Crippen LogP) is 2.75. The van der Waals surface area contributed by atoms with Crippen LogP contribution in [0.4, 0.5) is 0 Å². The Labute approximate surface area is 161 Å². The van der Waals surface area contributed by atoms with Gasteiger partial charge in [-0.25, -0.2) is 8.42 Å². The van der Waals surface area contributed by atoms with Crippen LogP contribution >= 0.6 is 0 Å². The monoisotopic (exact) mass is 390 g/mol. The number of rotatable bonds is 9. The average molecular weight is 391 g/mol. The van der Waals surface area contributed by atoms with Gasteiger partial charge in [0.1, 0.15) is 5.75 Å². The molecule has 0 saturated carbocycles. The fourth-order valence-corrected chi connectivity index (χ4v) is 4.08. The van der Waals surface area contributed by atoms with Crippen LogP contribution in [0.25, 0.3) is 0 Å². The fourth-order valence-electron chi connectivity index (χ4n) is 2.62. The van der Waals surface area contributed by atoms with Gasteiger partial charge in [-0.05, 0) is 29.8 Å². The van der Waals surface area contributed by atoms with Gasteiger partial charge in [-0.2, -0.15) is 4.31 Å². The SMILES string of the molecule is CCN(CC)S(=O)(=O)c1ccc(OCC(=O)N(C)Cc2ccccc2)cc1. The molecule has 2 aromatic carbocycles. The van der Waals surface area contributed by atoms with E-state index < -0.39 is 10.0 Å². The topological polar surface area (TPSA) is 66.9 Å². The lowest BCUT2D eigenvalue weighted by atomic mass is 10.2. The summed E-state index contributed by atoms with van der Waals surface area (Å²) in [5.41, 5.74) is 1.04. The van der Waals surface area contributed by atoms with Crippen molar-refractivity contribution < 1.29 is 17.9 Å². The molecule has 1 amide bonds. The Morgan fingerprint density at radius 2 is 1.56 bits per heavy atom. The number of nitrogens with zero attached hydrogens (tertiary/aromatic N) is 2. The summed E-state index contributed by atoms with van der Waals surface area (Å²) in [6.07, 6.45) is 0. The molecule has 0 atom stereocenters. The standard InChI is InChI=1S/C20H26N2O4S/c1-4-22(5-2)27(24,25)19-13-11-18(12-14-19)26-16-20(23)21(3)15-17-9-7-6-8-10-17/h6-14H,4-5,15-16H2,1-3H3. The first-order valence-corrected chi connectivity index (χ1v) is 10.3. The van der Waals surface area contributed by atoms with Crippen molar-refractivity contribution in [2.75, 3.05) is 26.7 Å². The van der Waals surface area contributed by atoms with Crippen molar-refractivity contribution in [3.05, 3.63) is 60.2 Å². The molecule has 0 bridgehead atoms. The molecule has 0 aliphatic rings. The first-order valence-electron chi connectivity index (χ1n) is 8.89. The Morgan fingerprint density at radius 3 is 2.11 bits per heavy atom. The number of sulfonamides is 1. The number of carbonyl (C=O) groups excluding carboxylic acids is 1. The van der Waals surface area contributed by atoms with E-state index in [1.165, 1.54) is 16.4 Å². The second-order valence-corrected chi connectivity index (χ2v) is 8.02. The molecule has 0 spiro atoms. The van der Waals surface area contributed by atoms with Crippen molar-refractivity contribution >= 4 is 15.9 Å². The van der Waals surface area contributed by atoms with Crippen molar-refractivity contribution in [2.24, 2.45) is 0 Å². The van der Waals surface area contributed by atoms with Gasteiger partial charge >= 0.3 is 0 Å². The molecule has 0 saturated heterocycles. The third-order valence-corrected chi connectivity index (χ3v) is 6.28. The van der Waals surface area contributed by atoms with E-state index in [1.54, 1.807) is 37.9 Å². The van der Waals surface area contributed by atoms with Crippen molar-refractivity contribution in [1.29, 1.82) is 0 Å². The molecule has 0 aliphatic heterocycles. The molecule has 0 aromatic heterocycles. The smallest absolute Gasteiger partial charge is 0.260 e. The van der Waals surface area contributed by atoms with Crippen LogP contribution in [0, 0.1) is 0 Å². The van der Waals surface area contributed by atoms with Gasteiger partial charge in [0.2, 0.25) is 10.0 Å². The number of ether oxygens (including phenoxy) is 1. The van der Waals surface area contributed by atoms with E-state index in [-0.39, 0.29) is 17.4 Å². The summed E-state index contributed by atoms with van der Waals surface area (Å²) >= 11 is 0. The number of hydrogen-bond donors (Lipinski definition) is 0. The van der Waals surface area contributed by atoms with Crippen LogP contribution in [0.15, 0.2) is 59.5 Å². The lowest BCUT2D eigenvalue weighted by Crippen LogP contribution is -2.31. The van der Waals surface area contributed by atoms with Crippen LogP contribution in [0.3, 0.4) is 0 Å². The second-order valence-electron chi connectivity index (χ2n) is 6.08. The van der Waals surface area contributed by atoms with Crippen molar-refractivity contribution in [3.8, 4) is 5.75 Å². The maximum absolute atomic E-state index is 12.5. The van der Waals surface area contributed by atoms with Gasteiger partial charge in [0.25, 0.3) is 5.91 Å². The van der Waals surface area contributed by atoms with Crippen LogP contribution in [-0.4, -0.2) is 50.3 Å². The Bertz CT molecular complexity index is 832. The van der Waals surface area contributed by atoms with Crippen LogP contribution < -0.4 is 4.74 Å². The van der Waals surface area contributed by atoms with Crippen molar-refractivity contribution in [3.63, 3.8) is 0 Å². The molecule has 0 radical (unpaired) electrons. The maximum atomic E-state index is 12.5. The molecular weight excluding hydrogens is 364 g/mol. The van der Waals surface area contributed by atoms with E-state index in [9.17, 15) is 13.2 Å². The summed E-state index contributed by atoms with van der Waals surface area (Å²) in [6, 6.07) is 15.8. The quantitative estimate of drug-likeness (QED) is 0.660. The summed E-state index contributed by atoms with van der Waals surface area (Å²) in [6.45, 7) is 4.83. The first kappa shape index (κ1) is 20.9. The molecule has 2 rings (SSSR count). The van der Waals surface area contributed by atoms with Crippen LogP contribution in [0.2, 0.25) is 0 Å². The molecule has 7 heteroatoms. The Kier molecular flexibility index (Phi) is 7.38. The molecule has 146 valence electrons. The second kappa shape index (κ2) is 9.53. The highest BCUT2D eigenvalue weighted by molar-refractivity contribution is 7.89. The highest BCUT2D eigenvalue weighted by Gasteiger charge is 2.21. The molecular formula is C20H26N2O4S. The third kappa shape index (κ3) is 5.55. The zero-order chi connectivity index (χ0) is 19.9. The normalized spacial score (nSPS) is 11.4. The lowest BCUT2D eigenvalue weighted by Gasteiger charge is -2.19. The van der Waals surface area contributed by atoms with E-state index in [1.807, 2.05) is 30.3 Å². The Hall–Kier alpha value is -2.38. The molecule has 2 aromatic rings. The van der Waals surface area contributed by atoms with E-state index >= 15 is 0 Å². The first-order chi connectivity index (χ1) is 12.9. The Balaban J connectivity index is 1.94. The number of likely N-dealkylation sites (N-methyl/N-ethyl adjacent to an activating group) is 1. The maximum Gasteiger partial charge on any atom is 0.260 e. The van der Waals surface area contributed by atoms with Crippen molar-refractivity contribution in [2.45, 2.75) is 25.3 Å². The molecule has 27 heavy (non-hydrogen) atoms. The largest absolute Gasteiger partial charge is 0.484 e. The lowest BCUT2D eigenvalue weighted by molar-refractivity contribution is -0.132. The molecule has 0 fully saturated rings. The summed E-state index contributed by atoms with van der Waals surface area (Å²) in [5.74, 6) is 0.300. The minimum absolute atomic E-state index is 0.106. The van der Waals surface area contributed by atoms with E-state index in [2.05, 4.69) is 0 Å².